The number of ether oxygens (including phenoxy) is 1. The van der Waals surface area contributed by atoms with Crippen molar-refractivity contribution in [2.24, 2.45) is 5.92 Å². The molecule has 0 spiro atoms. The second kappa shape index (κ2) is 5.92. The molecule has 1 N–H and O–H groups in total. The molecule has 1 amide bonds. The summed E-state index contributed by atoms with van der Waals surface area (Å²) in [6.45, 7) is 0. The normalized spacial score (nSPS) is 13.7. The minimum absolute atomic E-state index is 0.0681. The van der Waals surface area contributed by atoms with Crippen molar-refractivity contribution in [2.75, 3.05) is 12.4 Å². The number of nitrogens with zero attached hydrogens (tertiary/aromatic N) is 2. The van der Waals surface area contributed by atoms with E-state index in [0.29, 0.717) is 5.82 Å². The van der Waals surface area contributed by atoms with Crippen molar-refractivity contribution >= 4 is 22.5 Å². The lowest BCUT2D eigenvalue weighted by Crippen LogP contribution is -2.14. The number of fused-ring (bicyclic) bond motifs is 1. The lowest BCUT2D eigenvalue weighted by molar-refractivity contribution is -0.117. The Hall–Kier alpha value is -2.95. The standard InChI is InChI=1S/C19H17N3O2/c1-24-17-6-7-20-11-16(17)14-5-4-13-9-18(21-10-15(13)8-14)22-19(23)12-2-3-12/h4-12H,2-3H2,1H3,(H,21,22,23). The van der Waals surface area contributed by atoms with Crippen LogP contribution in [0.25, 0.3) is 21.9 Å². The topological polar surface area (TPSA) is 64.1 Å². The van der Waals surface area contributed by atoms with Crippen LogP contribution < -0.4 is 10.1 Å². The fourth-order valence-electron chi connectivity index (χ4n) is 2.73. The van der Waals surface area contributed by atoms with E-state index in [1.54, 1.807) is 25.7 Å². The summed E-state index contributed by atoms with van der Waals surface area (Å²) in [5.41, 5.74) is 1.96. The summed E-state index contributed by atoms with van der Waals surface area (Å²) in [5, 5.41) is 4.91. The highest BCUT2D eigenvalue weighted by molar-refractivity contribution is 5.96. The first-order valence-electron chi connectivity index (χ1n) is 7.93. The van der Waals surface area contributed by atoms with Gasteiger partial charge in [0.1, 0.15) is 11.6 Å². The number of pyridine rings is 2. The molecule has 1 fully saturated rings. The van der Waals surface area contributed by atoms with Gasteiger partial charge in [-0.05, 0) is 42.0 Å². The van der Waals surface area contributed by atoms with Gasteiger partial charge >= 0.3 is 0 Å². The van der Waals surface area contributed by atoms with Crippen LogP contribution in [0.1, 0.15) is 12.8 Å². The molecular formula is C19H17N3O2. The first-order chi connectivity index (χ1) is 11.7. The monoisotopic (exact) mass is 319 g/mol. The van der Waals surface area contributed by atoms with Gasteiger partial charge in [-0.1, -0.05) is 12.1 Å². The molecule has 1 saturated carbocycles. The van der Waals surface area contributed by atoms with E-state index in [1.165, 1.54) is 0 Å². The van der Waals surface area contributed by atoms with Gasteiger partial charge in [-0.15, -0.1) is 0 Å². The Morgan fingerprint density at radius 3 is 2.83 bits per heavy atom. The largest absolute Gasteiger partial charge is 0.496 e. The van der Waals surface area contributed by atoms with Crippen LogP contribution >= 0.6 is 0 Å². The van der Waals surface area contributed by atoms with Crippen molar-refractivity contribution in [2.45, 2.75) is 12.8 Å². The zero-order chi connectivity index (χ0) is 16.5. The number of methoxy groups -OCH3 is 1. The number of carbonyl (C=O) groups excluding carboxylic acids is 1. The van der Waals surface area contributed by atoms with Crippen molar-refractivity contribution < 1.29 is 9.53 Å². The quantitative estimate of drug-likeness (QED) is 0.797. The van der Waals surface area contributed by atoms with E-state index in [4.69, 9.17) is 4.74 Å². The van der Waals surface area contributed by atoms with Crippen LogP contribution in [0.3, 0.4) is 0 Å². The molecule has 120 valence electrons. The Morgan fingerprint density at radius 1 is 1.17 bits per heavy atom. The molecule has 1 aliphatic rings. The third-order valence-corrected chi connectivity index (χ3v) is 4.23. The molecular weight excluding hydrogens is 302 g/mol. The van der Waals surface area contributed by atoms with E-state index < -0.39 is 0 Å². The molecule has 0 radical (unpaired) electrons. The second-order valence-corrected chi connectivity index (χ2v) is 5.97. The lowest BCUT2D eigenvalue weighted by atomic mass is 10.0. The molecule has 2 aromatic heterocycles. The minimum Gasteiger partial charge on any atom is -0.496 e. The van der Waals surface area contributed by atoms with E-state index in [2.05, 4.69) is 15.3 Å². The molecule has 0 unspecified atom stereocenters. The van der Waals surface area contributed by atoms with Gasteiger partial charge in [0.25, 0.3) is 0 Å². The molecule has 5 heteroatoms. The van der Waals surface area contributed by atoms with Gasteiger partial charge in [-0.2, -0.15) is 0 Å². The van der Waals surface area contributed by atoms with E-state index in [0.717, 1.165) is 40.5 Å². The molecule has 2 heterocycles. The Morgan fingerprint density at radius 2 is 2.04 bits per heavy atom. The van der Waals surface area contributed by atoms with Crippen molar-refractivity contribution in [3.63, 3.8) is 0 Å². The van der Waals surface area contributed by atoms with Crippen LogP contribution in [0.15, 0.2) is 48.9 Å². The van der Waals surface area contributed by atoms with Crippen molar-refractivity contribution in [3.8, 4) is 16.9 Å². The number of hydrogen-bond acceptors (Lipinski definition) is 4. The number of amides is 1. The molecule has 1 aliphatic carbocycles. The summed E-state index contributed by atoms with van der Waals surface area (Å²) in [6, 6.07) is 9.84. The third kappa shape index (κ3) is 2.80. The molecule has 3 aromatic rings. The number of anilines is 1. The Balaban J connectivity index is 1.67. The van der Waals surface area contributed by atoms with Crippen LogP contribution in [0.2, 0.25) is 0 Å². The molecule has 0 bridgehead atoms. The van der Waals surface area contributed by atoms with Crippen LogP contribution in [0.4, 0.5) is 5.82 Å². The third-order valence-electron chi connectivity index (χ3n) is 4.23. The predicted octanol–water partition coefficient (Wildman–Crippen LogP) is 3.65. The molecule has 5 nitrogen and oxygen atoms in total. The fourth-order valence-corrected chi connectivity index (χ4v) is 2.73. The number of aromatic nitrogens is 2. The van der Waals surface area contributed by atoms with Gasteiger partial charge < -0.3 is 10.1 Å². The molecule has 4 rings (SSSR count). The Bertz CT molecular complexity index is 919. The number of nitrogens with one attached hydrogen (secondary N) is 1. The summed E-state index contributed by atoms with van der Waals surface area (Å²) < 4.78 is 5.40. The van der Waals surface area contributed by atoms with E-state index >= 15 is 0 Å². The smallest absolute Gasteiger partial charge is 0.228 e. The van der Waals surface area contributed by atoms with Crippen molar-refractivity contribution in [1.29, 1.82) is 0 Å². The van der Waals surface area contributed by atoms with E-state index in [1.807, 2.05) is 30.3 Å². The summed E-state index contributed by atoms with van der Waals surface area (Å²) >= 11 is 0. The second-order valence-electron chi connectivity index (χ2n) is 5.97. The summed E-state index contributed by atoms with van der Waals surface area (Å²) in [7, 11) is 1.65. The fraction of sp³-hybridized carbons (Fsp3) is 0.211. The SMILES string of the molecule is COc1ccncc1-c1ccc2cc(NC(=O)C3CC3)ncc2c1. The lowest BCUT2D eigenvalue weighted by Gasteiger charge is -2.09. The van der Waals surface area contributed by atoms with Crippen molar-refractivity contribution in [3.05, 3.63) is 48.9 Å². The number of benzene rings is 1. The predicted molar refractivity (Wildman–Crippen MR) is 92.9 cm³/mol. The van der Waals surface area contributed by atoms with Gasteiger partial charge in [0.2, 0.25) is 5.91 Å². The highest BCUT2D eigenvalue weighted by Crippen LogP contribution is 2.32. The maximum Gasteiger partial charge on any atom is 0.228 e. The average Bonchev–Trinajstić information content (AvgIpc) is 3.46. The number of hydrogen-bond donors (Lipinski definition) is 1. The average molecular weight is 319 g/mol. The Kier molecular flexibility index (Phi) is 3.61. The number of carbonyl (C=O) groups is 1. The first kappa shape index (κ1) is 14.6. The van der Waals surface area contributed by atoms with Crippen LogP contribution in [0, 0.1) is 5.92 Å². The molecule has 0 aliphatic heterocycles. The van der Waals surface area contributed by atoms with Gasteiger partial charge in [-0.25, -0.2) is 4.98 Å². The van der Waals surface area contributed by atoms with Gasteiger partial charge in [0, 0.05) is 35.5 Å². The summed E-state index contributed by atoms with van der Waals surface area (Å²) in [5.74, 6) is 1.62. The van der Waals surface area contributed by atoms with Crippen LogP contribution in [-0.2, 0) is 4.79 Å². The zero-order valence-corrected chi connectivity index (χ0v) is 13.3. The maximum absolute atomic E-state index is 11.8. The van der Waals surface area contributed by atoms with Crippen LogP contribution in [-0.4, -0.2) is 23.0 Å². The molecule has 0 saturated heterocycles. The first-order valence-corrected chi connectivity index (χ1v) is 7.93. The summed E-state index contributed by atoms with van der Waals surface area (Å²) in [4.78, 5) is 20.4. The van der Waals surface area contributed by atoms with Crippen molar-refractivity contribution in [1.82, 2.24) is 9.97 Å². The highest BCUT2D eigenvalue weighted by Gasteiger charge is 2.29. The van der Waals surface area contributed by atoms with Crippen LogP contribution in [0.5, 0.6) is 5.75 Å². The minimum atomic E-state index is 0.0681. The molecule has 0 atom stereocenters. The van der Waals surface area contributed by atoms with Gasteiger partial charge in [0.05, 0.1) is 7.11 Å². The van der Waals surface area contributed by atoms with Gasteiger partial charge in [-0.3, -0.25) is 9.78 Å². The molecule has 24 heavy (non-hydrogen) atoms. The number of rotatable bonds is 4. The summed E-state index contributed by atoms with van der Waals surface area (Å²) in [6.07, 6.45) is 7.24. The zero-order valence-electron chi connectivity index (χ0n) is 13.3. The Labute approximate surface area is 139 Å². The van der Waals surface area contributed by atoms with Gasteiger partial charge in [0.15, 0.2) is 0 Å². The van der Waals surface area contributed by atoms with E-state index in [9.17, 15) is 4.79 Å². The highest BCUT2D eigenvalue weighted by atomic mass is 16.5. The van der Waals surface area contributed by atoms with E-state index in [-0.39, 0.29) is 11.8 Å². The molecule has 1 aromatic carbocycles. The maximum atomic E-state index is 11.8.